The summed E-state index contributed by atoms with van der Waals surface area (Å²) in [5, 5.41) is 12.0. The molecule has 87 heavy (non-hydrogen) atoms. The molecule has 0 aromatic carbocycles. The second-order valence-electron chi connectivity index (χ2n) is 30.8. The molecule has 21 heteroatoms. The normalized spacial score (nSPS) is 29.7. The van der Waals surface area contributed by atoms with Crippen LogP contribution in [0.4, 0.5) is 24.0 Å². The Hall–Kier alpha value is -4.02. The van der Waals surface area contributed by atoms with Crippen molar-refractivity contribution in [3.05, 3.63) is 0 Å². The second-order valence-corrected chi connectivity index (χ2v) is 30.8. The van der Waals surface area contributed by atoms with E-state index in [1.54, 1.807) is 0 Å². The molecule has 2 heterocycles. The lowest BCUT2D eigenvalue weighted by atomic mass is 9.61. The first kappa shape index (κ1) is 73.7. The van der Waals surface area contributed by atoms with Gasteiger partial charge in [-0.25, -0.2) is 28.9 Å². The highest BCUT2D eigenvalue weighted by atomic mass is 16.6. The van der Waals surface area contributed by atoms with E-state index in [0.717, 1.165) is 58.2 Å². The van der Waals surface area contributed by atoms with Crippen molar-refractivity contribution in [2.75, 3.05) is 106 Å². The summed E-state index contributed by atoms with van der Waals surface area (Å²) in [6.07, 6.45) is 8.60. The van der Waals surface area contributed by atoms with Gasteiger partial charge in [-0.15, -0.1) is 0 Å². The largest absolute Gasteiger partial charge is 0.442 e. The van der Waals surface area contributed by atoms with E-state index in [1.165, 1.54) is 4.90 Å². The van der Waals surface area contributed by atoms with Crippen molar-refractivity contribution >= 4 is 36.8 Å². The molecule has 0 aromatic rings. The van der Waals surface area contributed by atoms with Gasteiger partial charge >= 0.3 is 30.3 Å². The SMILES string of the molecule is CCCCOCC(CN(C)CC)OC(=O)NC1CC(C)(C)CC(C)(CN(C(=O)NC=O)C(=O)N(CC2(C)CC(NC(=O)OC(COCCCC)CN3CC3C)CC(C)(C)C2)CC2(C)CC(NC(=O)OC(COCCCC)CN3CC3C)CC(C)(C)C2)C1. The van der Waals surface area contributed by atoms with Gasteiger partial charge in [-0.05, 0) is 137 Å². The molecule has 0 spiro atoms. The Kier molecular flexibility index (Phi) is 28.3. The van der Waals surface area contributed by atoms with Crippen LogP contribution in [0.1, 0.15) is 200 Å². The van der Waals surface area contributed by atoms with E-state index >= 15 is 4.79 Å². The third-order valence-corrected chi connectivity index (χ3v) is 18.5. The van der Waals surface area contributed by atoms with Gasteiger partial charge in [0.2, 0.25) is 6.41 Å². The predicted octanol–water partition coefficient (Wildman–Crippen LogP) is 10.4. The Morgan fingerprint density at radius 3 is 1.22 bits per heavy atom. The van der Waals surface area contributed by atoms with Gasteiger partial charge in [0.1, 0.15) is 18.3 Å². The molecule has 0 aromatic heterocycles. The lowest BCUT2D eigenvalue weighted by molar-refractivity contribution is -0.108. The molecule has 5 aliphatic rings. The van der Waals surface area contributed by atoms with Crippen molar-refractivity contribution in [2.24, 2.45) is 32.5 Å². The maximum Gasteiger partial charge on any atom is 0.407 e. The average Bonchev–Trinajstić information content (AvgIpc) is 1.92. The number of alkyl carbamates (subject to hydrolysis) is 3. The Balaban J connectivity index is 1.45. The van der Waals surface area contributed by atoms with Crippen LogP contribution < -0.4 is 21.3 Å². The summed E-state index contributed by atoms with van der Waals surface area (Å²) >= 11 is 0. The van der Waals surface area contributed by atoms with Gasteiger partial charge in [-0.2, -0.15) is 0 Å². The van der Waals surface area contributed by atoms with Gasteiger partial charge in [-0.3, -0.25) is 19.9 Å². The minimum Gasteiger partial charge on any atom is -0.442 e. The topological polar surface area (TPSA) is 222 Å². The van der Waals surface area contributed by atoms with Crippen molar-refractivity contribution in [3.8, 4) is 0 Å². The van der Waals surface area contributed by atoms with Crippen LogP contribution in [0.3, 0.4) is 0 Å². The third kappa shape index (κ3) is 26.0. The standard InChI is InChI=1S/C66H121N9O12/c1-17-21-24-82-38-53(35-71(16)20-4)85-57(78)70-52-29-63(11,12)43-66(15,32-52)46-75(56(77)67-47-76)60(81)74(44-64(13)30-50(27-61(7,8)41-64)68-58(79)86-54(36-72-33-48(72)5)39-83-25-22-18-2)45-65(14)31-51(28-62(9,10)42-65)69-59(80)87-55(37-73-34-49(73)6)40-84-26-23-19-3/h47-55H,17-46H2,1-16H3,(H,68,79)(H,69,80)(H,70,78)(H,67,76,77). The molecule has 5 fully saturated rings. The molecule has 13 atom stereocenters. The van der Waals surface area contributed by atoms with Gasteiger partial charge in [-0.1, -0.05) is 109 Å². The molecule has 3 saturated carbocycles. The van der Waals surface area contributed by atoms with Crippen LogP contribution in [0, 0.1) is 32.5 Å². The fourth-order valence-electron chi connectivity index (χ4n) is 15.5. The molecular formula is C66H121N9O12. The summed E-state index contributed by atoms with van der Waals surface area (Å²) in [7, 11) is 1.98. The van der Waals surface area contributed by atoms with Crippen LogP contribution in [0.25, 0.3) is 0 Å². The highest BCUT2D eigenvalue weighted by molar-refractivity contribution is 5.97. The van der Waals surface area contributed by atoms with Gasteiger partial charge in [0.05, 0.1) is 19.8 Å². The number of likely N-dealkylation sites (N-methyl/N-ethyl adjacent to an activating group) is 1. The van der Waals surface area contributed by atoms with Gasteiger partial charge in [0, 0.05) is 102 Å². The molecule has 21 nitrogen and oxygen atoms in total. The van der Waals surface area contributed by atoms with Crippen LogP contribution in [-0.2, 0) is 33.2 Å². The van der Waals surface area contributed by atoms with E-state index in [2.05, 4.69) is 126 Å². The van der Waals surface area contributed by atoms with Gasteiger partial charge in [0.15, 0.2) is 0 Å². The molecule has 8 amide bonds. The number of ether oxygens (including phenoxy) is 6. The van der Waals surface area contributed by atoms with Gasteiger partial charge < -0.3 is 54.2 Å². The quantitative estimate of drug-likeness (QED) is 0.0201. The predicted molar refractivity (Wildman–Crippen MR) is 339 cm³/mol. The zero-order valence-electron chi connectivity index (χ0n) is 57.0. The van der Waals surface area contributed by atoms with Crippen LogP contribution >= 0.6 is 0 Å². The lowest BCUT2D eigenvalue weighted by Crippen LogP contribution is -2.60. The van der Waals surface area contributed by atoms with Crippen LogP contribution in [0.5, 0.6) is 0 Å². The fraction of sp³-hybridized carbons (Fsp3) is 0.909. The van der Waals surface area contributed by atoms with Crippen LogP contribution in [0.15, 0.2) is 0 Å². The van der Waals surface area contributed by atoms with E-state index in [0.29, 0.717) is 129 Å². The summed E-state index contributed by atoms with van der Waals surface area (Å²) in [6, 6.07) is -1.52. The molecule has 2 saturated heterocycles. The second kappa shape index (κ2) is 33.3. The number of rotatable bonds is 35. The first-order valence-electron chi connectivity index (χ1n) is 33.4. The van der Waals surface area contributed by atoms with Crippen molar-refractivity contribution in [1.29, 1.82) is 0 Å². The van der Waals surface area contributed by atoms with E-state index < -0.39 is 64.9 Å². The summed E-state index contributed by atoms with van der Waals surface area (Å²) < 4.78 is 36.3. The molecule has 4 N–H and O–H groups in total. The smallest absolute Gasteiger partial charge is 0.407 e. The number of nitrogens with one attached hydrogen (secondary N) is 4. The molecular weight excluding hydrogens is 1110 g/mol. The number of imide groups is 2. The summed E-state index contributed by atoms with van der Waals surface area (Å²) in [5.74, 6) is 0. The fourth-order valence-corrected chi connectivity index (χ4v) is 15.5. The Morgan fingerprint density at radius 2 is 0.885 bits per heavy atom. The average molecular weight is 1230 g/mol. The van der Waals surface area contributed by atoms with Crippen LogP contribution in [0.2, 0.25) is 0 Å². The molecule has 3 aliphatic carbocycles. The number of amides is 8. The number of hydrogen-bond acceptors (Lipinski definition) is 15. The van der Waals surface area contributed by atoms with Crippen molar-refractivity contribution in [3.63, 3.8) is 0 Å². The summed E-state index contributed by atoms with van der Waals surface area (Å²) in [5.41, 5.74) is -2.84. The number of urea groups is 2. The molecule has 502 valence electrons. The number of hydrogen-bond donors (Lipinski definition) is 4. The minimum atomic E-state index is -0.845. The van der Waals surface area contributed by atoms with E-state index in [9.17, 15) is 24.0 Å². The van der Waals surface area contributed by atoms with E-state index in [4.69, 9.17) is 28.4 Å². The molecule has 13 unspecified atom stereocenters. The maximum absolute atomic E-state index is 16.1. The van der Waals surface area contributed by atoms with E-state index in [-0.39, 0.29) is 60.6 Å². The molecule has 0 bridgehead atoms. The zero-order valence-corrected chi connectivity index (χ0v) is 57.0. The van der Waals surface area contributed by atoms with E-state index in [1.807, 2.05) is 25.8 Å². The van der Waals surface area contributed by atoms with Crippen LogP contribution in [-0.4, -0.2) is 215 Å². The maximum atomic E-state index is 16.1. The molecule has 2 aliphatic heterocycles. The first-order chi connectivity index (χ1) is 40.8. The van der Waals surface area contributed by atoms with Crippen molar-refractivity contribution < 1.29 is 57.2 Å². The Labute approximate surface area is 524 Å². The summed E-state index contributed by atoms with van der Waals surface area (Å²) in [6.45, 7) is 39.5. The highest BCUT2D eigenvalue weighted by Gasteiger charge is 2.50. The molecule has 5 rings (SSSR count). The molecule has 0 radical (unpaired) electrons. The number of unbranched alkanes of at least 4 members (excludes halogenated alkanes) is 3. The third-order valence-electron chi connectivity index (χ3n) is 18.5. The van der Waals surface area contributed by atoms with Crippen molar-refractivity contribution in [2.45, 2.75) is 249 Å². The Morgan fingerprint density at radius 1 is 0.540 bits per heavy atom. The van der Waals surface area contributed by atoms with Gasteiger partial charge in [0.25, 0.3) is 0 Å². The summed E-state index contributed by atoms with van der Waals surface area (Å²) in [4.78, 5) is 94.5. The number of carbonyl (C=O) groups excluding carboxylic acids is 6. The zero-order chi connectivity index (χ0) is 64.4. The first-order valence-corrected chi connectivity index (χ1v) is 33.4. The number of carbonyl (C=O) groups is 6. The Bertz CT molecular complexity index is 2100. The highest BCUT2D eigenvalue weighted by Crippen LogP contribution is 2.51. The lowest BCUT2D eigenvalue weighted by Gasteiger charge is -2.52. The number of nitrogens with zero attached hydrogens (tertiary/aromatic N) is 5. The minimum absolute atomic E-state index is 0.0522. The van der Waals surface area contributed by atoms with Crippen molar-refractivity contribution in [1.82, 2.24) is 45.8 Å². The monoisotopic (exact) mass is 1230 g/mol.